The Labute approximate surface area is 138 Å². The Hall–Kier alpha value is -1.85. The quantitative estimate of drug-likeness (QED) is 0.892. The van der Waals surface area contributed by atoms with Gasteiger partial charge >= 0.3 is 0 Å². The highest BCUT2D eigenvalue weighted by Crippen LogP contribution is 2.31. The summed E-state index contributed by atoms with van der Waals surface area (Å²) in [4.78, 5) is 20.6. The molecule has 7 heteroatoms. The number of halogens is 2. The average Bonchev–Trinajstić information content (AvgIpc) is 3.26. The number of nitrogens with one attached hydrogen (secondary N) is 2. The van der Waals surface area contributed by atoms with E-state index >= 15 is 0 Å². The first-order valence-electron chi connectivity index (χ1n) is 6.90. The Morgan fingerprint density at radius 1 is 1.23 bits per heavy atom. The van der Waals surface area contributed by atoms with Gasteiger partial charge in [0.15, 0.2) is 0 Å². The summed E-state index contributed by atoms with van der Waals surface area (Å²) in [7, 11) is 0. The molecule has 1 aliphatic carbocycles. The van der Waals surface area contributed by atoms with Crippen molar-refractivity contribution in [1.29, 1.82) is 0 Å². The monoisotopic (exact) mass is 336 g/mol. The number of para-hydroxylation sites is 1. The summed E-state index contributed by atoms with van der Waals surface area (Å²) < 4.78 is 0. The van der Waals surface area contributed by atoms with Crippen molar-refractivity contribution in [2.75, 3.05) is 5.32 Å². The van der Waals surface area contributed by atoms with Crippen LogP contribution in [-0.4, -0.2) is 21.9 Å². The first-order valence-corrected chi connectivity index (χ1v) is 7.66. The van der Waals surface area contributed by atoms with Crippen LogP contribution in [0.2, 0.25) is 10.0 Å². The topological polar surface area (TPSA) is 66.9 Å². The Morgan fingerprint density at radius 3 is 2.55 bits per heavy atom. The van der Waals surface area contributed by atoms with Crippen molar-refractivity contribution in [3.63, 3.8) is 0 Å². The van der Waals surface area contributed by atoms with E-state index in [9.17, 15) is 4.79 Å². The molecule has 22 heavy (non-hydrogen) atoms. The van der Waals surface area contributed by atoms with Crippen LogP contribution in [-0.2, 0) is 0 Å². The lowest BCUT2D eigenvalue weighted by molar-refractivity contribution is 0.0946. The van der Waals surface area contributed by atoms with Gasteiger partial charge in [-0.2, -0.15) is 0 Å². The van der Waals surface area contributed by atoms with E-state index in [1.807, 2.05) is 0 Å². The third-order valence-corrected chi connectivity index (χ3v) is 3.83. The molecule has 5 nitrogen and oxygen atoms in total. The number of aryl methyl sites for hydroxylation is 1. The predicted molar refractivity (Wildman–Crippen MR) is 87.0 cm³/mol. The smallest absolute Gasteiger partial charge is 0.270 e. The standard InChI is InChI=1S/C15H14Cl2N4O/c1-8-7-12(14(22)19-9-5-6-9)20-15(18-8)21-13-10(16)3-2-4-11(13)17/h2-4,7,9H,5-6H2,1H3,(H,19,22)(H,18,20,21). The minimum Gasteiger partial charge on any atom is -0.348 e. The SMILES string of the molecule is Cc1cc(C(=O)NC2CC2)nc(Nc2c(Cl)cccc2Cl)n1. The number of carbonyl (C=O) groups is 1. The molecule has 2 aromatic rings. The first kappa shape index (κ1) is 15.1. The minimum absolute atomic E-state index is 0.193. The largest absolute Gasteiger partial charge is 0.348 e. The summed E-state index contributed by atoms with van der Waals surface area (Å²) >= 11 is 12.2. The van der Waals surface area contributed by atoms with Gasteiger partial charge in [-0.05, 0) is 38.0 Å². The van der Waals surface area contributed by atoms with Gasteiger partial charge in [-0.3, -0.25) is 4.79 Å². The molecule has 0 radical (unpaired) electrons. The molecule has 0 saturated heterocycles. The number of amides is 1. The lowest BCUT2D eigenvalue weighted by atomic mass is 10.3. The van der Waals surface area contributed by atoms with Crippen molar-refractivity contribution in [1.82, 2.24) is 15.3 Å². The summed E-state index contributed by atoms with van der Waals surface area (Å²) in [6.07, 6.45) is 2.05. The van der Waals surface area contributed by atoms with E-state index in [-0.39, 0.29) is 17.9 Å². The number of hydrogen-bond donors (Lipinski definition) is 2. The summed E-state index contributed by atoms with van der Waals surface area (Å²) in [5.41, 5.74) is 1.52. The van der Waals surface area contributed by atoms with Crippen LogP contribution < -0.4 is 10.6 Å². The fourth-order valence-corrected chi connectivity index (χ4v) is 2.45. The maximum Gasteiger partial charge on any atom is 0.270 e. The summed E-state index contributed by atoms with van der Waals surface area (Å²) in [5.74, 6) is 0.0947. The van der Waals surface area contributed by atoms with E-state index in [1.165, 1.54) is 0 Å². The molecule has 1 fully saturated rings. The first-order chi connectivity index (χ1) is 10.5. The number of benzene rings is 1. The number of aromatic nitrogens is 2. The van der Waals surface area contributed by atoms with Gasteiger partial charge < -0.3 is 10.6 Å². The molecule has 0 bridgehead atoms. The van der Waals surface area contributed by atoms with Crippen LogP contribution in [0.5, 0.6) is 0 Å². The van der Waals surface area contributed by atoms with Crippen molar-refractivity contribution in [3.8, 4) is 0 Å². The van der Waals surface area contributed by atoms with Gasteiger partial charge in [0.25, 0.3) is 5.91 Å². The van der Waals surface area contributed by atoms with Gasteiger partial charge in [-0.25, -0.2) is 9.97 Å². The summed E-state index contributed by atoms with van der Waals surface area (Å²) in [5, 5.41) is 6.80. The van der Waals surface area contributed by atoms with Gasteiger partial charge in [0, 0.05) is 11.7 Å². The van der Waals surface area contributed by atoms with Crippen LogP contribution >= 0.6 is 23.2 Å². The summed E-state index contributed by atoms with van der Waals surface area (Å²) in [6, 6.07) is 7.11. The molecule has 0 spiro atoms. The van der Waals surface area contributed by atoms with Crippen LogP contribution in [0.3, 0.4) is 0 Å². The van der Waals surface area contributed by atoms with E-state index in [1.54, 1.807) is 31.2 Å². The van der Waals surface area contributed by atoms with Crippen LogP contribution in [0.4, 0.5) is 11.6 Å². The number of carbonyl (C=O) groups excluding carboxylic acids is 1. The molecule has 1 aliphatic rings. The van der Waals surface area contributed by atoms with Crippen LogP contribution in [0.25, 0.3) is 0 Å². The zero-order valence-electron chi connectivity index (χ0n) is 11.9. The third kappa shape index (κ3) is 3.48. The number of nitrogens with zero attached hydrogens (tertiary/aromatic N) is 2. The second-order valence-electron chi connectivity index (χ2n) is 5.19. The number of hydrogen-bond acceptors (Lipinski definition) is 4. The van der Waals surface area contributed by atoms with Crippen molar-refractivity contribution in [3.05, 3.63) is 45.7 Å². The highest BCUT2D eigenvalue weighted by Gasteiger charge is 2.24. The number of rotatable bonds is 4. The third-order valence-electron chi connectivity index (χ3n) is 3.20. The molecule has 1 aromatic carbocycles. The molecule has 1 aromatic heterocycles. The highest BCUT2D eigenvalue weighted by atomic mass is 35.5. The Morgan fingerprint density at radius 2 is 1.91 bits per heavy atom. The molecule has 114 valence electrons. The minimum atomic E-state index is -0.193. The van der Waals surface area contributed by atoms with Crippen molar-refractivity contribution < 1.29 is 4.79 Å². The number of anilines is 2. The van der Waals surface area contributed by atoms with Gasteiger partial charge in [-0.15, -0.1) is 0 Å². The van der Waals surface area contributed by atoms with Crippen molar-refractivity contribution in [2.24, 2.45) is 0 Å². The van der Waals surface area contributed by atoms with Crippen molar-refractivity contribution in [2.45, 2.75) is 25.8 Å². The van der Waals surface area contributed by atoms with Crippen molar-refractivity contribution >= 4 is 40.7 Å². The zero-order valence-corrected chi connectivity index (χ0v) is 13.4. The van der Waals surface area contributed by atoms with E-state index < -0.39 is 0 Å². The van der Waals surface area contributed by atoms with Gasteiger partial charge in [0.05, 0.1) is 15.7 Å². The van der Waals surface area contributed by atoms with Gasteiger partial charge in [-0.1, -0.05) is 29.3 Å². The highest BCUT2D eigenvalue weighted by molar-refractivity contribution is 6.39. The van der Waals surface area contributed by atoms with E-state index in [0.29, 0.717) is 27.1 Å². The van der Waals surface area contributed by atoms with Gasteiger partial charge in [0.1, 0.15) is 5.69 Å². The summed E-state index contributed by atoms with van der Waals surface area (Å²) in [6.45, 7) is 1.80. The normalized spacial score (nSPS) is 13.8. The van der Waals surface area contributed by atoms with E-state index in [4.69, 9.17) is 23.2 Å². The maximum absolute atomic E-state index is 12.1. The predicted octanol–water partition coefficient (Wildman–Crippen LogP) is 3.73. The molecule has 0 atom stereocenters. The van der Waals surface area contributed by atoms with Crippen LogP contribution in [0.15, 0.2) is 24.3 Å². The maximum atomic E-state index is 12.1. The fourth-order valence-electron chi connectivity index (χ4n) is 1.96. The van der Waals surface area contributed by atoms with E-state index in [2.05, 4.69) is 20.6 Å². The lowest BCUT2D eigenvalue weighted by Gasteiger charge is -2.11. The fraction of sp³-hybridized carbons (Fsp3) is 0.267. The molecule has 1 saturated carbocycles. The molecular weight excluding hydrogens is 323 g/mol. The Kier molecular flexibility index (Phi) is 4.18. The molecule has 0 unspecified atom stereocenters. The Bertz CT molecular complexity index is 711. The zero-order chi connectivity index (χ0) is 15.7. The molecule has 3 rings (SSSR count). The molecule has 2 N–H and O–H groups in total. The van der Waals surface area contributed by atoms with E-state index in [0.717, 1.165) is 12.8 Å². The van der Waals surface area contributed by atoms with Gasteiger partial charge in [0.2, 0.25) is 5.95 Å². The second kappa shape index (κ2) is 6.10. The average molecular weight is 337 g/mol. The molecular formula is C15H14Cl2N4O. The molecule has 0 aliphatic heterocycles. The molecule has 1 amide bonds. The molecule has 1 heterocycles. The van der Waals surface area contributed by atoms with Crippen LogP contribution in [0.1, 0.15) is 29.0 Å². The second-order valence-corrected chi connectivity index (χ2v) is 6.00. The lowest BCUT2D eigenvalue weighted by Crippen LogP contribution is -2.26. The van der Waals surface area contributed by atoms with Crippen LogP contribution in [0, 0.1) is 6.92 Å². The Balaban J connectivity index is 1.87.